The van der Waals surface area contributed by atoms with Gasteiger partial charge in [-0.1, -0.05) is 50.3 Å². The molecule has 2 rings (SSSR count). The van der Waals surface area contributed by atoms with E-state index in [0.717, 1.165) is 5.69 Å². The maximum absolute atomic E-state index is 4.25. The van der Waals surface area contributed by atoms with Crippen LogP contribution in [-0.2, 0) is 0 Å². The van der Waals surface area contributed by atoms with E-state index in [1.165, 1.54) is 11.1 Å². The fourth-order valence-electron chi connectivity index (χ4n) is 1.65. The molecular formula is C16H17N. The molecule has 0 aliphatic carbocycles. The summed E-state index contributed by atoms with van der Waals surface area (Å²) in [5.41, 5.74) is 3.57. The van der Waals surface area contributed by atoms with Crippen molar-refractivity contribution in [2.75, 3.05) is 0 Å². The summed E-state index contributed by atoms with van der Waals surface area (Å²) in [5.74, 6) is 0.587. The summed E-state index contributed by atoms with van der Waals surface area (Å²) < 4.78 is 0. The molecule has 0 atom stereocenters. The van der Waals surface area contributed by atoms with Crippen molar-refractivity contribution in [3.63, 3.8) is 0 Å². The van der Waals surface area contributed by atoms with Gasteiger partial charge in [0.2, 0.25) is 0 Å². The van der Waals surface area contributed by atoms with E-state index in [2.05, 4.69) is 49.2 Å². The first-order chi connectivity index (χ1) is 8.25. The normalized spacial score (nSPS) is 11.2. The Morgan fingerprint density at radius 3 is 2.29 bits per heavy atom. The lowest BCUT2D eigenvalue weighted by Crippen LogP contribution is -1.85. The number of benzene rings is 1. The molecule has 0 aliphatic rings. The van der Waals surface area contributed by atoms with E-state index < -0.39 is 0 Å². The van der Waals surface area contributed by atoms with Crippen molar-refractivity contribution in [2.45, 2.75) is 19.8 Å². The van der Waals surface area contributed by atoms with Gasteiger partial charge < -0.3 is 0 Å². The summed E-state index contributed by atoms with van der Waals surface area (Å²) in [6.45, 7) is 4.41. The highest BCUT2D eigenvalue weighted by atomic mass is 14.6. The molecule has 0 saturated heterocycles. The van der Waals surface area contributed by atoms with Gasteiger partial charge >= 0.3 is 0 Å². The van der Waals surface area contributed by atoms with Crippen LogP contribution in [0.1, 0.15) is 36.6 Å². The summed E-state index contributed by atoms with van der Waals surface area (Å²) in [5, 5.41) is 0. The smallest absolute Gasteiger partial charge is 0.0629 e. The van der Waals surface area contributed by atoms with Gasteiger partial charge in [0, 0.05) is 6.20 Å². The molecule has 0 bridgehead atoms. The molecule has 0 fully saturated rings. The molecule has 1 heterocycles. The second-order valence-corrected chi connectivity index (χ2v) is 4.41. The Hall–Kier alpha value is -1.89. The lowest BCUT2D eigenvalue weighted by atomic mass is 10.0. The summed E-state index contributed by atoms with van der Waals surface area (Å²) in [4.78, 5) is 4.25. The van der Waals surface area contributed by atoms with Crippen LogP contribution in [0.5, 0.6) is 0 Å². The molecule has 0 aliphatic heterocycles. The summed E-state index contributed by atoms with van der Waals surface area (Å²) in [7, 11) is 0. The van der Waals surface area contributed by atoms with Crippen LogP contribution >= 0.6 is 0 Å². The number of hydrogen-bond acceptors (Lipinski definition) is 1. The van der Waals surface area contributed by atoms with E-state index in [1.807, 2.05) is 30.5 Å². The van der Waals surface area contributed by atoms with Gasteiger partial charge in [-0.05, 0) is 35.3 Å². The zero-order valence-electron chi connectivity index (χ0n) is 10.3. The first-order valence-corrected chi connectivity index (χ1v) is 5.95. The maximum atomic E-state index is 4.25. The third-order valence-electron chi connectivity index (χ3n) is 2.74. The third kappa shape index (κ3) is 3.28. The maximum Gasteiger partial charge on any atom is 0.0629 e. The zero-order chi connectivity index (χ0) is 12.1. The molecule has 1 heteroatoms. The molecule has 0 N–H and O–H groups in total. The average Bonchev–Trinajstić information content (AvgIpc) is 2.38. The number of hydrogen-bond donors (Lipinski definition) is 0. The van der Waals surface area contributed by atoms with Crippen LogP contribution in [0.3, 0.4) is 0 Å². The number of aromatic nitrogens is 1. The Morgan fingerprint density at radius 1 is 0.941 bits per heavy atom. The molecule has 1 aromatic carbocycles. The van der Waals surface area contributed by atoms with Crippen LogP contribution in [0.2, 0.25) is 0 Å². The Bertz CT molecular complexity index is 481. The second-order valence-electron chi connectivity index (χ2n) is 4.41. The van der Waals surface area contributed by atoms with Crippen molar-refractivity contribution in [1.82, 2.24) is 4.98 Å². The van der Waals surface area contributed by atoms with Gasteiger partial charge in [-0.2, -0.15) is 0 Å². The first kappa shape index (κ1) is 11.6. The lowest BCUT2D eigenvalue weighted by molar-refractivity contribution is 0.866. The van der Waals surface area contributed by atoms with Crippen LogP contribution in [0, 0.1) is 0 Å². The molecular weight excluding hydrogens is 206 g/mol. The van der Waals surface area contributed by atoms with E-state index in [4.69, 9.17) is 0 Å². The molecule has 0 amide bonds. The molecule has 86 valence electrons. The summed E-state index contributed by atoms with van der Waals surface area (Å²) >= 11 is 0. The van der Waals surface area contributed by atoms with Crippen molar-refractivity contribution >= 4 is 12.2 Å². The quantitative estimate of drug-likeness (QED) is 0.752. The van der Waals surface area contributed by atoms with E-state index in [0.29, 0.717) is 5.92 Å². The Kier molecular flexibility index (Phi) is 3.71. The first-order valence-electron chi connectivity index (χ1n) is 5.95. The molecule has 1 aromatic heterocycles. The SMILES string of the molecule is CC(C)c1ccc(/C=C/c2ccccn2)cc1. The third-order valence-corrected chi connectivity index (χ3v) is 2.74. The fraction of sp³-hybridized carbons (Fsp3) is 0.188. The highest BCUT2D eigenvalue weighted by Crippen LogP contribution is 2.15. The topological polar surface area (TPSA) is 12.9 Å². The van der Waals surface area contributed by atoms with Crippen LogP contribution < -0.4 is 0 Å². The molecule has 0 unspecified atom stereocenters. The zero-order valence-corrected chi connectivity index (χ0v) is 10.3. The van der Waals surface area contributed by atoms with E-state index in [9.17, 15) is 0 Å². The van der Waals surface area contributed by atoms with Gasteiger partial charge in [-0.15, -0.1) is 0 Å². The molecule has 1 nitrogen and oxygen atoms in total. The van der Waals surface area contributed by atoms with Crippen molar-refractivity contribution in [1.29, 1.82) is 0 Å². The van der Waals surface area contributed by atoms with Crippen molar-refractivity contribution in [3.05, 3.63) is 65.5 Å². The van der Waals surface area contributed by atoms with E-state index in [-0.39, 0.29) is 0 Å². The highest BCUT2D eigenvalue weighted by Gasteiger charge is 1.96. The minimum atomic E-state index is 0.587. The number of nitrogens with zero attached hydrogens (tertiary/aromatic N) is 1. The van der Waals surface area contributed by atoms with Crippen molar-refractivity contribution in [2.24, 2.45) is 0 Å². The predicted octanol–water partition coefficient (Wildman–Crippen LogP) is 4.38. The second kappa shape index (κ2) is 5.44. The minimum absolute atomic E-state index is 0.587. The Labute approximate surface area is 103 Å². The fourth-order valence-corrected chi connectivity index (χ4v) is 1.65. The van der Waals surface area contributed by atoms with Gasteiger partial charge in [0.1, 0.15) is 0 Å². The lowest BCUT2D eigenvalue weighted by Gasteiger charge is -2.04. The van der Waals surface area contributed by atoms with Gasteiger partial charge in [0.15, 0.2) is 0 Å². The Morgan fingerprint density at radius 2 is 1.71 bits per heavy atom. The monoisotopic (exact) mass is 223 g/mol. The molecule has 0 spiro atoms. The molecule has 2 aromatic rings. The standard InChI is InChI=1S/C16H17N/c1-13(2)15-9-6-14(7-10-15)8-11-16-5-3-4-12-17-16/h3-13H,1-2H3/b11-8+. The number of pyridine rings is 1. The summed E-state index contributed by atoms with van der Waals surface area (Å²) in [6, 6.07) is 14.6. The molecule has 0 saturated carbocycles. The average molecular weight is 223 g/mol. The largest absolute Gasteiger partial charge is 0.257 e. The van der Waals surface area contributed by atoms with Crippen LogP contribution in [0.15, 0.2) is 48.7 Å². The van der Waals surface area contributed by atoms with Crippen LogP contribution in [0.4, 0.5) is 0 Å². The van der Waals surface area contributed by atoms with Gasteiger partial charge in [-0.25, -0.2) is 0 Å². The van der Waals surface area contributed by atoms with Crippen LogP contribution in [0.25, 0.3) is 12.2 Å². The van der Waals surface area contributed by atoms with E-state index in [1.54, 1.807) is 0 Å². The van der Waals surface area contributed by atoms with Crippen molar-refractivity contribution in [3.8, 4) is 0 Å². The predicted molar refractivity (Wildman–Crippen MR) is 73.7 cm³/mol. The van der Waals surface area contributed by atoms with Crippen molar-refractivity contribution < 1.29 is 0 Å². The van der Waals surface area contributed by atoms with E-state index >= 15 is 0 Å². The van der Waals surface area contributed by atoms with Gasteiger partial charge in [-0.3, -0.25) is 4.98 Å². The van der Waals surface area contributed by atoms with Gasteiger partial charge in [0.25, 0.3) is 0 Å². The Balaban J connectivity index is 2.12. The number of rotatable bonds is 3. The summed E-state index contributed by atoms with van der Waals surface area (Å²) in [6.07, 6.45) is 5.93. The molecule has 17 heavy (non-hydrogen) atoms. The van der Waals surface area contributed by atoms with Crippen LogP contribution in [-0.4, -0.2) is 4.98 Å². The minimum Gasteiger partial charge on any atom is -0.257 e. The molecule has 0 radical (unpaired) electrons. The highest BCUT2D eigenvalue weighted by molar-refractivity contribution is 5.67. The van der Waals surface area contributed by atoms with Gasteiger partial charge in [0.05, 0.1) is 5.69 Å².